The van der Waals surface area contributed by atoms with E-state index in [0.29, 0.717) is 0 Å². The van der Waals surface area contributed by atoms with Gasteiger partial charge in [0.15, 0.2) is 0 Å². The molecule has 0 unspecified atom stereocenters. The van der Waals surface area contributed by atoms with Crippen molar-refractivity contribution in [1.29, 1.82) is 0 Å². The van der Waals surface area contributed by atoms with Crippen molar-refractivity contribution in [3.05, 3.63) is 11.1 Å². The zero-order valence-corrected chi connectivity index (χ0v) is 8.52. The van der Waals surface area contributed by atoms with Crippen molar-refractivity contribution in [3.63, 3.8) is 0 Å². The Morgan fingerprint density at radius 1 is 1.25 bits per heavy atom. The van der Waals surface area contributed by atoms with E-state index in [4.69, 9.17) is 5.11 Å². The lowest BCUT2D eigenvalue weighted by Crippen LogP contribution is -2.08. The summed E-state index contributed by atoms with van der Waals surface area (Å²) in [6, 6.07) is 0. The molecule has 0 bridgehead atoms. The van der Waals surface area contributed by atoms with Crippen LogP contribution in [-0.4, -0.2) is 24.5 Å². The second-order valence-corrected chi connectivity index (χ2v) is 2.79. The van der Waals surface area contributed by atoms with Crippen LogP contribution >= 0.6 is 0 Å². The highest BCUT2D eigenvalue weighted by atomic mass is 16.3. The normalized spacial score (nSPS) is 14.6. The summed E-state index contributed by atoms with van der Waals surface area (Å²) in [6.45, 7) is 6.31. The molecule has 0 aromatic heterocycles. The Bertz CT molecular complexity index is 185. The summed E-state index contributed by atoms with van der Waals surface area (Å²) in [5.41, 5.74) is 3.28. The molecule has 0 aliphatic rings. The Kier molecular flexibility index (Phi) is 5.64. The van der Waals surface area contributed by atoms with E-state index in [-0.39, 0.29) is 6.61 Å². The number of allylic oxidation sites excluding steroid dienone is 1. The predicted octanol–water partition coefficient (Wildman–Crippen LogP) is 2.19. The van der Waals surface area contributed by atoms with Crippen LogP contribution in [0.25, 0.3) is 0 Å². The van der Waals surface area contributed by atoms with E-state index in [1.165, 1.54) is 5.57 Å². The molecule has 0 atom stereocenters. The van der Waals surface area contributed by atoms with Crippen LogP contribution in [0.1, 0.15) is 33.6 Å². The number of aliphatic imine (C=N–C) groups is 1. The van der Waals surface area contributed by atoms with Gasteiger partial charge in [-0.1, -0.05) is 19.4 Å². The average molecular weight is 169 g/mol. The molecule has 0 aliphatic heterocycles. The SMILES string of the molecule is CCC(=NC)/C(CO)=C(\C)CC. The van der Waals surface area contributed by atoms with Gasteiger partial charge < -0.3 is 5.11 Å². The molecule has 2 heteroatoms. The van der Waals surface area contributed by atoms with E-state index in [9.17, 15) is 0 Å². The number of aliphatic hydroxyl groups excluding tert-OH is 1. The third-order valence-corrected chi connectivity index (χ3v) is 2.16. The van der Waals surface area contributed by atoms with Gasteiger partial charge in [-0.2, -0.15) is 0 Å². The Morgan fingerprint density at radius 2 is 1.83 bits per heavy atom. The number of rotatable bonds is 4. The highest BCUT2D eigenvalue weighted by Gasteiger charge is 2.05. The van der Waals surface area contributed by atoms with Crippen molar-refractivity contribution in [2.24, 2.45) is 4.99 Å². The topological polar surface area (TPSA) is 32.6 Å². The predicted molar refractivity (Wildman–Crippen MR) is 53.7 cm³/mol. The average Bonchev–Trinajstić information content (AvgIpc) is 2.12. The Hall–Kier alpha value is -0.630. The fourth-order valence-corrected chi connectivity index (χ4v) is 1.19. The van der Waals surface area contributed by atoms with E-state index >= 15 is 0 Å². The van der Waals surface area contributed by atoms with Crippen LogP contribution in [0.5, 0.6) is 0 Å². The summed E-state index contributed by atoms with van der Waals surface area (Å²) >= 11 is 0. The first-order chi connectivity index (χ1) is 5.71. The smallest absolute Gasteiger partial charge is 0.0698 e. The highest BCUT2D eigenvalue weighted by molar-refractivity contribution is 6.00. The maximum absolute atomic E-state index is 9.12. The molecule has 0 aliphatic carbocycles. The van der Waals surface area contributed by atoms with Crippen molar-refractivity contribution < 1.29 is 5.11 Å². The fraction of sp³-hybridized carbons (Fsp3) is 0.700. The molecule has 0 heterocycles. The molecule has 0 rings (SSSR count). The lowest BCUT2D eigenvalue weighted by atomic mass is 10.0. The second kappa shape index (κ2) is 5.95. The second-order valence-electron chi connectivity index (χ2n) is 2.79. The van der Waals surface area contributed by atoms with Crippen LogP contribution in [0.4, 0.5) is 0 Å². The summed E-state index contributed by atoms with van der Waals surface area (Å²) in [5.74, 6) is 0. The molecule has 2 nitrogen and oxygen atoms in total. The fourth-order valence-electron chi connectivity index (χ4n) is 1.19. The summed E-state index contributed by atoms with van der Waals surface area (Å²) in [6.07, 6.45) is 1.87. The van der Waals surface area contributed by atoms with Crippen molar-refractivity contribution in [2.45, 2.75) is 33.6 Å². The standard InChI is InChI=1S/C10H19NO/c1-5-8(3)9(7-12)10(6-2)11-4/h12H,5-7H2,1-4H3/b9-8+,11-10?. The van der Waals surface area contributed by atoms with Gasteiger partial charge in [0.05, 0.1) is 6.61 Å². The van der Waals surface area contributed by atoms with Crippen LogP contribution in [0.3, 0.4) is 0 Å². The van der Waals surface area contributed by atoms with Crippen LogP contribution < -0.4 is 0 Å². The van der Waals surface area contributed by atoms with Crippen molar-refractivity contribution in [2.75, 3.05) is 13.7 Å². The first-order valence-electron chi connectivity index (χ1n) is 4.46. The molecule has 0 aromatic carbocycles. The van der Waals surface area contributed by atoms with Crippen LogP contribution in [0.15, 0.2) is 16.1 Å². The molecular weight excluding hydrogens is 150 g/mol. The lowest BCUT2D eigenvalue weighted by molar-refractivity contribution is 0.335. The molecule has 0 saturated carbocycles. The van der Waals surface area contributed by atoms with E-state index in [1.807, 2.05) is 6.92 Å². The van der Waals surface area contributed by atoms with Gasteiger partial charge >= 0.3 is 0 Å². The zero-order valence-electron chi connectivity index (χ0n) is 8.52. The minimum absolute atomic E-state index is 0.111. The maximum Gasteiger partial charge on any atom is 0.0698 e. The number of hydrogen-bond acceptors (Lipinski definition) is 2. The van der Waals surface area contributed by atoms with E-state index in [1.54, 1.807) is 7.05 Å². The van der Waals surface area contributed by atoms with E-state index in [2.05, 4.69) is 18.8 Å². The Labute approximate surface area is 75.0 Å². The quantitative estimate of drug-likeness (QED) is 0.643. The highest BCUT2D eigenvalue weighted by Crippen LogP contribution is 2.11. The van der Waals surface area contributed by atoms with Gasteiger partial charge in [0.25, 0.3) is 0 Å². The molecule has 0 amide bonds. The lowest BCUT2D eigenvalue weighted by Gasteiger charge is -2.09. The number of hydrogen-bond donors (Lipinski definition) is 1. The first-order valence-corrected chi connectivity index (χ1v) is 4.46. The van der Waals surface area contributed by atoms with Crippen molar-refractivity contribution in [3.8, 4) is 0 Å². The largest absolute Gasteiger partial charge is 0.392 e. The van der Waals surface area contributed by atoms with Gasteiger partial charge in [-0.3, -0.25) is 4.99 Å². The summed E-state index contributed by atoms with van der Waals surface area (Å²) in [5, 5.41) is 9.12. The van der Waals surface area contributed by atoms with Crippen molar-refractivity contribution in [1.82, 2.24) is 0 Å². The zero-order chi connectivity index (χ0) is 9.56. The van der Waals surface area contributed by atoms with Gasteiger partial charge in [-0.05, 0) is 25.3 Å². The Morgan fingerprint density at radius 3 is 2.08 bits per heavy atom. The monoisotopic (exact) mass is 169 g/mol. The van der Waals surface area contributed by atoms with Crippen LogP contribution in [-0.2, 0) is 0 Å². The van der Waals surface area contributed by atoms with Crippen LogP contribution in [0, 0.1) is 0 Å². The van der Waals surface area contributed by atoms with E-state index in [0.717, 1.165) is 24.1 Å². The molecule has 12 heavy (non-hydrogen) atoms. The molecule has 0 fully saturated rings. The number of aliphatic hydroxyl groups is 1. The van der Waals surface area contributed by atoms with E-state index < -0.39 is 0 Å². The Balaban J connectivity index is 4.76. The molecule has 0 radical (unpaired) electrons. The summed E-state index contributed by atoms with van der Waals surface area (Å²) in [7, 11) is 1.78. The molecular formula is C10H19NO. The first kappa shape index (κ1) is 11.4. The van der Waals surface area contributed by atoms with Gasteiger partial charge in [-0.15, -0.1) is 0 Å². The summed E-state index contributed by atoms with van der Waals surface area (Å²) < 4.78 is 0. The van der Waals surface area contributed by atoms with Crippen LogP contribution in [0.2, 0.25) is 0 Å². The molecule has 0 saturated heterocycles. The van der Waals surface area contributed by atoms with Crippen molar-refractivity contribution >= 4 is 5.71 Å². The third-order valence-electron chi connectivity index (χ3n) is 2.16. The van der Waals surface area contributed by atoms with Gasteiger partial charge in [0.1, 0.15) is 0 Å². The molecule has 0 aromatic rings. The minimum atomic E-state index is 0.111. The molecule has 0 spiro atoms. The van der Waals surface area contributed by atoms with Gasteiger partial charge in [0, 0.05) is 12.8 Å². The third kappa shape index (κ3) is 2.78. The summed E-state index contributed by atoms with van der Waals surface area (Å²) in [4.78, 5) is 4.15. The molecule has 1 N–H and O–H groups in total. The number of nitrogens with zero attached hydrogens (tertiary/aromatic N) is 1. The minimum Gasteiger partial charge on any atom is -0.392 e. The van der Waals surface area contributed by atoms with Gasteiger partial charge in [-0.25, -0.2) is 0 Å². The van der Waals surface area contributed by atoms with Gasteiger partial charge in [0.2, 0.25) is 0 Å². The molecule has 70 valence electrons. The maximum atomic E-state index is 9.12.